The quantitative estimate of drug-likeness (QED) is 0.627. The number of hydrogen-bond donors (Lipinski definition) is 1. The minimum absolute atomic E-state index is 0.0637. The Hall–Kier alpha value is -3.42. The van der Waals surface area contributed by atoms with Crippen molar-refractivity contribution in [2.75, 3.05) is 18.4 Å². The van der Waals surface area contributed by atoms with E-state index in [9.17, 15) is 9.59 Å². The molecule has 1 saturated heterocycles. The summed E-state index contributed by atoms with van der Waals surface area (Å²) in [4.78, 5) is 27.1. The summed E-state index contributed by atoms with van der Waals surface area (Å²) >= 11 is 0. The lowest BCUT2D eigenvalue weighted by molar-refractivity contribution is -0.117. The lowest BCUT2D eigenvalue weighted by atomic mass is 10.0. The Balaban J connectivity index is 1.17. The second kappa shape index (κ2) is 8.84. The number of aromatic nitrogens is 4. The lowest BCUT2D eigenvalue weighted by Gasteiger charge is -2.32. The minimum Gasteiger partial charge on any atom is -0.338 e. The number of nitrogens with zero attached hydrogens (tertiary/aromatic N) is 5. The van der Waals surface area contributed by atoms with Crippen LogP contribution in [0.1, 0.15) is 59.0 Å². The first-order valence-corrected chi connectivity index (χ1v) is 11.7. The highest BCUT2D eigenvalue weighted by Crippen LogP contribution is 2.31. The molecule has 2 aromatic heterocycles. The van der Waals surface area contributed by atoms with Crippen LogP contribution in [0.4, 0.5) is 5.82 Å². The van der Waals surface area contributed by atoms with Crippen LogP contribution in [0.25, 0.3) is 0 Å². The number of aryl methyl sites for hydroxylation is 2. The van der Waals surface area contributed by atoms with Crippen molar-refractivity contribution in [3.8, 4) is 0 Å². The molecule has 1 aliphatic carbocycles. The molecule has 5 rings (SSSR count). The zero-order valence-corrected chi connectivity index (χ0v) is 19.2. The van der Waals surface area contributed by atoms with E-state index in [0.717, 1.165) is 48.5 Å². The van der Waals surface area contributed by atoms with Gasteiger partial charge in [0.25, 0.3) is 5.91 Å². The highest BCUT2D eigenvalue weighted by molar-refractivity contribution is 5.94. The summed E-state index contributed by atoms with van der Waals surface area (Å²) in [5, 5.41) is 12.0. The largest absolute Gasteiger partial charge is 0.338 e. The third-order valence-electron chi connectivity index (χ3n) is 6.60. The van der Waals surface area contributed by atoms with Gasteiger partial charge in [-0.1, -0.05) is 12.1 Å². The fraction of sp³-hybridized carbons (Fsp3) is 0.440. The zero-order valence-electron chi connectivity index (χ0n) is 19.2. The van der Waals surface area contributed by atoms with Crippen LogP contribution < -0.4 is 5.32 Å². The van der Waals surface area contributed by atoms with Gasteiger partial charge in [-0.15, -0.1) is 0 Å². The highest BCUT2D eigenvalue weighted by atomic mass is 16.2. The van der Waals surface area contributed by atoms with Crippen molar-refractivity contribution in [1.82, 2.24) is 24.5 Å². The number of piperidine rings is 1. The first-order valence-electron chi connectivity index (χ1n) is 11.7. The second-order valence-electron chi connectivity index (χ2n) is 9.23. The molecule has 2 aliphatic rings. The molecule has 0 unspecified atom stereocenters. The average molecular weight is 447 g/mol. The molecule has 0 radical (unpaired) electrons. The van der Waals surface area contributed by atoms with Gasteiger partial charge in [0, 0.05) is 36.3 Å². The number of likely N-dealkylation sites (tertiary alicyclic amines) is 1. The number of rotatable bonds is 6. The number of benzene rings is 1. The van der Waals surface area contributed by atoms with Crippen LogP contribution in [-0.2, 0) is 11.3 Å². The van der Waals surface area contributed by atoms with E-state index in [0.29, 0.717) is 25.2 Å². The molecule has 0 bridgehead atoms. The Morgan fingerprint density at radius 3 is 2.39 bits per heavy atom. The van der Waals surface area contributed by atoms with Gasteiger partial charge in [-0.25, -0.2) is 4.68 Å². The summed E-state index contributed by atoms with van der Waals surface area (Å²) in [6.45, 7) is 6.09. The molecule has 0 spiro atoms. The van der Waals surface area contributed by atoms with Crippen LogP contribution in [0.5, 0.6) is 0 Å². The monoisotopic (exact) mass is 446 g/mol. The molecule has 3 heterocycles. The van der Waals surface area contributed by atoms with E-state index in [4.69, 9.17) is 0 Å². The standard InChI is InChI=1S/C25H30N6O2/c1-17-15-18(2)30(28-17)16-19-3-5-21(6-4-19)25(33)29-13-10-22(11-14-29)31-23(9-12-26-31)27-24(32)20-7-8-20/h3-6,9,12,15,20,22H,7-8,10-11,13-14,16H2,1-2H3,(H,27,32). The van der Waals surface area contributed by atoms with Crippen molar-refractivity contribution in [3.05, 3.63) is 65.1 Å². The van der Waals surface area contributed by atoms with Gasteiger partial charge in [-0.2, -0.15) is 10.2 Å². The summed E-state index contributed by atoms with van der Waals surface area (Å²) in [6, 6.07) is 11.9. The Labute approximate surface area is 193 Å². The zero-order chi connectivity index (χ0) is 22.9. The first-order chi connectivity index (χ1) is 16.0. The van der Waals surface area contributed by atoms with Crippen molar-refractivity contribution < 1.29 is 9.59 Å². The number of amides is 2. The first kappa shape index (κ1) is 21.4. The predicted molar refractivity (Wildman–Crippen MR) is 125 cm³/mol. The molecule has 2 amide bonds. The Bertz CT molecular complexity index is 1150. The predicted octanol–water partition coefficient (Wildman–Crippen LogP) is 3.57. The van der Waals surface area contributed by atoms with Gasteiger partial charge >= 0.3 is 0 Å². The third kappa shape index (κ3) is 4.69. The van der Waals surface area contributed by atoms with E-state index in [2.05, 4.69) is 28.5 Å². The molecular weight excluding hydrogens is 416 g/mol. The molecule has 2 fully saturated rings. The maximum Gasteiger partial charge on any atom is 0.253 e. The van der Waals surface area contributed by atoms with Gasteiger partial charge in [-0.05, 0) is 63.3 Å². The van der Waals surface area contributed by atoms with E-state index < -0.39 is 0 Å². The fourth-order valence-corrected chi connectivity index (χ4v) is 4.53. The molecule has 33 heavy (non-hydrogen) atoms. The fourth-order valence-electron chi connectivity index (χ4n) is 4.53. The Kier molecular flexibility index (Phi) is 5.74. The number of carbonyl (C=O) groups excluding carboxylic acids is 2. The molecule has 1 aromatic carbocycles. The number of anilines is 1. The minimum atomic E-state index is 0.0637. The second-order valence-corrected chi connectivity index (χ2v) is 9.23. The summed E-state index contributed by atoms with van der Waals surface area (Å²) in [5.74, 6) is 1.07. The van der Waals surface area contributed by atoms with Gasteiger partial charge < -0.3 is 10.2 Å². The SMILES string of the molecule is Cc1cc(C)n(Cc2ccc(C(=O)N3CCC(n4nccc4NC(=O)C4CC4)CC3)cc2)n1. The van der Waals surface area contributed by atoms with Crippen molar-refractivity contribution in [1.29, 1.82) is 0 Å². The van der Waals surface area contributed by atoms with E-state index >= 15 is 0 Å². The van der Waals surface area contributed by atoms with Crippen LogP contribution in [0, 0.1) is 19.8 Å². The van der Waals surface area contributed by atoms with Gasteiger partial charge in [0.05, 0.1) is 24.5 Å². The summed E-state index contributed by atoms with van der Waals surface area (Å²) in [7, 11) is 0. The number of nitrogens with one attached hydrogen (secondary N) is 1. The molecule has 1 aliphatic heterocycles. The molecule has 8 heteroatoms. The van der Waals surface area contributed by atoms with Gasteiger partial charge in [0.15, 0.2) is 0 Å². The number of carbonyl (C=O) groups is 2. The summed E-state index contributed by atoms with van der Waals surface area (Å²) in [6.07, 6.45) is 5.31. The van der Waals surface area contributed by atoms with Gasteiger partial charge in [0.2, 0.25) is 5.91 Å². The molecule has 1 N–H and O–H groups in total. The van der Waals surface area contributed by atoms with Crippen molar-refractivity contribution in [2.45, 2.75) is 52.1 Å². The third-order valence-corrected chi connectivity index (χ3v) is 6.60. The van der Waals surface area contributed by atoms with E-state index in [1.54, 1.807) is 6.20 Å². The highest BCUT2D eigenvalue weighted by Gasteiger charge is 2.31. The number of hydrogen-bond acceptors (Lipinski definition) is 4. The topological polar surface area (TPSA) is 85.0 Å². The maximum atomic E-state index is 13.0. The molecule has 1 saturated carbocycles. The molecular formula is C25H30N6O2. The van der Waals surface area contributed by atoms with Crippen LogP contribution in [-0.4, -0.2) is 49.4 Å². The van der Waals surface area contributed by atoms with E-state index in [-0.39, 0.29) is 23.8 Å². The molecule has 0 atom stereocenters. The Morgan fingerprint density at radius 2 is 1.76 bits per heavy atom. The normalized spacial score (nSPS) is 16.7. The average Bonchev–Trinajstić information content (AvgIpc) is 3.50. The van der Waals surface area contributed by atoms with Crippen molar-refractivity contribution >= 4 is 17.6 Å². The molecule has 8 nitrogen and oxygen atoms in total. The van der Waals surface area contributed by atoms with Crippen LogP contribution in [0.3, 0.4) is 0 Å². The lowest BCUT2D eigenvalue weighted by Crippen LogP contribution is -2.39. The summed E-state index contributed by atoms with van der Waals surface area (Å²) < 4.78 is 3.89. The maximum absolute atomic E-state index is 13.0. The molecule has 3 aromatic rings. The van der Waals surface area contributed by atoms with Crippen molar-refractivity contribution in [3.63, 3.8) is 0 Å². The van der Waals surface area contributed by atoms with Crippen LogP contribution in [0.15, 0.2) is 42.6 Å². The molecule has 172 valence electrons. The van der Waals surface area contributed by atoms with E-state index in [1.165, 1.54) is 0 Å². The van der Waals surface area contributed by atoms with Gasteiger partial charge in [-0.3, -0.25) is 14.3 Å². The van der Waals surface area contributed by atoms with Gasteiger partial charge in [0.1, 0.15) is 5.82 Å². The van der Waals surface area contributed by atoms with E-state index in [1.807, 2.05) is 51.5 Å². The van der Waals surface area contributed by atoms with Crippen molar-refractivity contribution in [2.24, 2.45) is 5.92 Å². The summed E-state index contributed by atoms with van der Waals surface area (Å²) in [5.41, 5.74) is 3.97. The van der Waals surface area contributed by atoms with Crippen LogP contribution in [0.2, 0.25) is 0 Å². The van der Waals surface area contributed by atoms with Crippen LogP contribution >= 0.6 is 0 Å². The smallest absolute Gasteiger partial charge is 0.253 e. The Morgan fingerprint density at radius 1 is 1.03 bits per heavy atom.